The smallest absolute Gasteiger partial charge is 0.251 e. The quantitative estimate of drug-likeness (QED) is 0.922. The van der Waals surface area contributed by atoms with Gasteiger partial charge in [-0.2, -0.15) is 0 Å². The predicted molar refractivity (Wildman–Crippen MR) is 83.0 cm³/mol. The molecule has 2 heterocycles. The van der Waals surface area contributed by atoms with E-state index in [1.165, 1.54) is 0 Å². The van der Waals surface area contributed by atoms with Gasteiger partial charge in [0.2, 0.25) is 0 Å². The van der Waals surface area contributed by atoms with E-state index < -0.39 is 5.79 Å². The number of aromatic nitrogens is 1. The highest BCUT2D eigenvalue weighted by Gasteiger charge is 2.30. The molecule has 0 unspecified atom stereocenters. The largest absolute Gasteiger partial charge is 0.352 e. The molecule has 5 nitrogen and oxygen atoms in total. The Morgan fingerprint density at radius 1 is 1.18 bits per heavy atom. The number of benzene rings is 1. The predicted octanol–water partition coefficient (Wildman–Crippen LogP) is 2.36. The van der Waals surface area contributed by atoms with Crippen molar-refractivity contribution < 1.29 is 14.3 Å². The molecule has 0 atom stereocenters. The summed E-state index contributed by atoms with van der Waals surface area (Å²) in [5, 5.41) is 2.90. The first-order valence-electron chi connectivity index (χ1n) is 7.46. The molecule has 3 rings (SSSR count). The highest BCUT2D eigenvalue weighted by molar-refractivity contribution is 5.94. The van der Waals surface area contributed by atoms with Crippen LogP contribution in [-0.2, 0) is 9.47 Å². The Kier molecular flexibility index (Phi) is 4.27. The molecule has 5 heteroatoms. The zero-order valence-electron chi connectivity index (χ0n) is 12.6. The number of nitrogens with zero attached hydrogens (tertiary/aromatic N) is 1. The van der Waals surface area contributed by atoms with Gasteiger partial charge >= 0.3 is 0 Å². The van der Waals surface area contributed by atoms with E-state index in [0.29, 0.717) is 31.7 Å². The van der Waals surface area contributed by atoms with Crippen LogP contribution in [-0.4, -0.2) is 36.0 Å². The summed E-state index contributed by atoms with van der Waals surface area (Å²) in [6.45, 7) is 3.66. The SMILES string of the molecule is CC1(CCNC(=O)c2ccc(-n3cccc3)cc2)OCCO1. The molecule has 0 bridgehead atoms. The molecule has 0 radical (unpaired) electrons. The van der Waals surface area contributed by atoms with E-state index >= 15 is 0 Å². The molecule has 2 aromatic rings. The summed E-state index contributed by atoms with van der Waals surface area (Å²) < 4.78 is 13.0. The zero-order valence-corrected chi connectivity index (χ0v) is 12.6. The van der Waals surface area contributed by atoms with Gasteiger partial charge in [-0.05, 0) is 43.3 Å². The Bertz CT molecular complexity index is 614. The molecule has 0 saturated carbocycles. The lowest BCUT2D eigenvalue weighted by Gasteiger charge is -2.22. The number of amides is 1. The van der Waals surface area contributed by atoms with E-state index in [9.17, 15) is 4.79 Å². The van der Waals surface area contributed by atoms with E-state index in [1.807, 2.05) is 60.3 Å². The zero-order chi connectivity index (χ0) is 15.4. The maximum absolute atomic E-state index is 12.1. The second-order valence-electron chi connectivity index (χ2n) is 5.47. The van der Waals surface area contributed by atoms with Gasteiger partial charge in [-0.25, -0.2) is 0 Å². The molecule has 1 saturated heterocycles. The third kappa shape index (κ3) is 3.37. The van der Waals surface area contributed by atoms with Crippen LogP contribution in [0.2, 0.25) is 0 Å². The van der Waals surface area contributed by atoms with E-state index in [2.05, 4.69) is 5.32 Å². The monoisotopic (exact) mass is 300 g/mol. The van der Waals surface area contributed by atoms with Crippen molar-refractivity contribution in [2.24, 2.45) is 0 Å². The Morgan fingerprint density at radius 2 is 1.82 bits per heavy atom. The average molecular weight is 300 g/mol. The Labute approximate surface area is 129 Å². The molecule has 1 aliphatic heterocycles. The summed E-state index contributed by atoms with van der Waals surface area (Å²) in [6.07, 6.45) is 4.58. The van der Waals surface area contributed by atoms with Crippen molar-refractivity contribution in [1.82, 2.24) is 9.88 Å². The highest BCUT2D eigenvalue weighted by Crippen LogP contribution is 2.21. The van der Waals surface area contributed by atoms with Crippen molar-refractivity contribution in [3.8, 4) is 5.69 Å². The molecule has 116 valence electrons. The topological polar surface area (TPSA) is 52.5 Å². The summed E-state index contributed by atoms with van der Waals surface area (Å²) in [6, 6.07) is 11.4. The van der Waals surface area contributed by atoms with E-state index in [-0.39, 0.29) is 5.91 Å². The van der Waals surface area contributed by atoms with Crippen LogP contribution in [0.4, 0.5) is 0 Å². The molecule has 1 fully saturated rings. The Hall–Kier alpha value is -2.11. The fourth-order valence-corrected chi connectivity index (χ4v) is 2.50. The van der Waals surface area contributed by atoms with Gasteiger partial charge in [-0.1, -0.05) is 0 Å². The standard InChI is InChI=1S/C17H20N2O3/c1-17(21-12-13-22-17)8-9-18-16(20)14-4-6-15(7-5-14)19-10-2-3-11-19/h2-7,10-11H,8-9,12-13H2,1H3,(H,18,20). The van der Waals surface area contributed by atoms with Crippen LogP contribution >= 0.6 is 0 Å². The highest BCUT2D eigenvalue weighted by atomic mass is 16.7. The maximum Gasteiger partial charge on any atom is 0.251 e. The Balaban J connectivity index is 1.54. The van der Waals surface area contributed by atoms with Crippen molar-refractivity contribution in [3.05, 3.63) is 54.4 Å². The number of hydrogen-bond acceptors (Lipinski definition) is 3. The summed E-state index contributed by atoms with van der Waals surface area (Å²) in [5.41, 5.74) is 1.68. The molecule has 0 spiro atoms. The molecule has 1 aliphatic rings. The van der Waals surface area contributed by atoms with Crippen LogP contribution in [0.1, 0.15) is 23.7 Å². The van der Waals surface area contributed by atoms with Crippen LogP contribution < -0.4 is 5.32 Å². The van der Waals surface area contributed by atoms with Gasteiger partial charge in [0.1, 0.15) is 0 Å². The molecule has 1 N–H and O–H groups in total. The summed E-state index contributed by atoms with van der Waals surface area (Å²) in [7, 11) is 0. The molecule has 1 amide bonds. The lowest BCUT2D eigenvalue weighted by atomic mass is 10.1. The van der Waals surface area contributed by atoms with Crippen molar-refractivity contribution in [2.45, 2.75) is 19.1 Å². The van der Waals surface area contributed by atoms with Gasteiger partial charge in [0.05, 0.1) is 13.2 Å². The van der Waals surface area contributed by atoms with E-state index in [1.54, 1.807) is 0 Å². The second-order valence-corrected chi connectivity index (χ2v) is 5.47. The van der Waals surface area contributed by atoms with Crippen molar-refractivity contribution in [1.29, 1.82) is 0 Å². The molecule has 1 aromatic carbocycles. The van der Waals surface area contributed by atoms with Crippen LogP contribution in [0.5, 0.6) is 0 Å². The first kappa shape index (κ1) is 14.8. The number of carbonyl (C=O) groups is 1. The van der Waals surface area contributed by atoms with Gasteiger partial charge in [-0.3, -0.25) is 4.79 Å². The summed E-state index contributed by atoms with van der Waals surface area (Å²) in [4.78, 5) is 12.1. The Morgan fingerprint density at radius 3 is 2.45 bits per heavy atom. The van der Waals surface area contributed by atoms with Gasteiger partial charge in [0, 0.05) is 36.6 Å². The third-order valence-electron chi connectivity index (χ3n) is 3.79. The van der Waals surface area contributed by atoms with E-state index in [0.717, 1.165) is 5.69 Å². The number of carbonyl (C=O) groups excluding carboxylic acids is 1. The van der Waals surface area contributed by atoms with Crippen LogP contribution in [0, 0.1) is 0 Å². The number of rotatable bonds is 5. The fraction of sp³-hybridized carbons (Fsp3) is 0.353. The van der Waals surface area contributed by atoms with E-state index in [4.69, 9.17) is 9.47 Å². The van der Waals surface area contributed by atoms with Crippen molar-refractivity contribution >= 4 is 5.91 Å². The van der Waals surface area contributed by atoms with Gasteiger partial charge in [0.25, 0.3) is 5.91 Å². The second kappa shape index (κ2) is 6.34. The maximum atomic E-state index is 12.1. The average Bonchev–Trinajstić information content (AvgIpc) is 3.19. The fourth-order valence-electron chi connectivity index (χ4n) is 2.50. The van der Waals surface area contributed by atoms with Gasteiger partial charge in [0.15, 0.2) is 5.79 Å². The minimum absolute atomic E-state index is 0.0827. The van der Waals surface area contributed by atoms with Crippen LogP contribution in [0.15, 0.2) is 48.8 Å². The first-order chi connectivity index (χ1) is 10.7. The molecular weight excluding hydrogens is 280 g/mol. The molecular formula is C17H20N2O3. The number of nitrogens with one attached hydrogen (secondary N) is 1. The molecule has 0 aliphatic carbocycles. The molecule has 1 aromatic heterocycles. The third-order valence-corrected chi connectivity index (χ3v) is 3.79. The summed E-state index contributed by atoms with van der Waals surface area (Å²) in [5.74, 6) is -0.647. The normalized spacial score (nSPS) is 16.6. The lowest BCUT2D eigenvalue weighted by molar-refractivity contribution is -0.145. The minimum Gasteiger partial charge on any atom is -0.352 e. The number of ether oxygens (including phenoxy) is 2. The van der Waals surface area contributed by atoms with Gasteiger partial charge < -0.3 is 19.4 Å². The first-order valence-corrected chi connectivity index (χ1v) is 7.46. The van der Waals surface area contributed by atoms with Crippen LogP contribution in [0.3, 0.4) is 0 Å². The van der Waals surface area contributed by atoms with Crippen molar-refractivity contribution in [3.63, 3.8) is 0 Å². The van der Waals surface area contributed by atoms with Crippen LogP contribution in [0.25, 0.3) is 5.69 Å². The van der Waals surface area contributed by atoms with Crippen molar-refractivity contribution in [2.75, 3.05) is 19.8 Å². The number of hydrogen-bond donors (Lipinski definition) is 1. The minimum atomic E-state index is -0.564. The lowest BCUT2D eigenvalue weighted by Crippen LogP contribution is -2.33. The summed E-state index contributed by atoms with van der Waals surface area (Å²) >= 11 is 0. The van der Waals surface area contributed by atoms with Gasteiger partial charge in [-0.15, -0.1) is 0 Å². The molecule has 22 heavy (non-hydrogen) atoms.